The van der Waals surface area contributed by atoms with Gasteiger partial charge in [0, 0.05) is 11.6 Å². The summed E-state index contributed by atoms with van der Waals surface area (Å²) in [5.74, 6) is -0.0683. The van der Waals surface area contributed by atoms with Crippen LogP contribution < -0.4 is 4.74 Å². The van der Waals surface area contributed by atoms with Gasteiger partial charge in [-0.25, -0.2) is 14.4 Å². The number of likely N-dealkylation sites (tertiary alicyclic amines) is 1. The second kappa shape index (κ2) is 11.5. The van der Waals surface area contributed by atoms with Crippen molar-refractivity contribution in [2.75, 3.05) is 19.8 Å². The molecule has 8 nitrogen and oxygen atoms in total. The molecule has 1 aliphatic carbocycles. The summed E-state index contributed by atoms with van der Waals surface area (Å²) in [6, 6.07) is 4.22. The van der Waals surface area contributed by atoms with Gasteiger partial charge in [-0.05, 0) is 90.3 Å². The van der Waals surface area contributed by atoms with Crippen LogP contribution in [-0.4, -0.2) is 60.4 Å². The summed E-state index contributed by atoms with van der Waals surface area (Å²) < 4.78 is 22.3. The van der Waals surface area contributed by atoms with E-state index in [1.54, 1.807) is 52.8 Å². The number of esters is 2. The molecule has 2 aliphatic rings. The van der Waals surface area contributed by atoms with E-state index in [-0.39, 0.29) is 31.2 Å². The first-order valence-electron chi connectivity index (χ1n) is 12.3. The third-order valence-electron chi connectivity index (χ3n) is 6.34. The molecule has 1 amide bonds. The number of carbonyl (C=O) groups excluding carboxylic acids is 3. The number of nitrogens with zero attached hydrogens (tertiary/aromatic N) is 1. The van der Waals surface area contributed by atoms with E-state index < -0.39 is 29.7 Å². The number of benzene rings is 1. The molecule has 0 N–H and O–H groups in total. The average molecular weight is 510 g/mol. The minimum atomic E-state index is -0.699. The second-order valence-electron chi connectivity index (χ2n) is 10.1. The van der Waals surface area contributed by atoms with Gasteiger partial charge >= 0.3 is 18.0 Å². The quantitative estimate of drug-likeness (QED) is 0.382. The summed E-state index contributed by atoms with van der Waals surface area (Å²) in [5, 5.41) is 0.427. The molecule has 1 aromatic carbocycles. The van der Waals surface area contributed by atoms with E-state index in [1.165, 1.54) is 4.90 Å². The molecule has 1 heterocycles. The Morgan fingerprint density at radius 2 is 1.74 bits per heavy atom. The number of halogens is 1. The number of carbonyl (C=O) groups is 3. The fourth-order valence-electron chi connectivity index (χ4n) is 4.85. The van der Waals surface area contributed by atoms with Crippen LogP contribution in [0.2, 0.25) is 5.02 Å². The highest BCUT2D eigenvalue weighted by atomic mass is 35.5. The molecular weight excluding hydrogens is 474 g/mol. The maximum atomic E-state index is 12.9. The Bertz CT molecular complexity index is 929. The van der Waals surface area contributed by atoms with Crippen molar-refractivity contribution in [3.8, 4) is 5.75 Å². The molecule has 1 saturated heterocycles. The Labute approximate surface area is 212 Å². The molecule has 0 aromatic heterocycles. The van der Waals surface area contributed by atoms with Gasteiger partial charge in [-0.3, -0.25) is 4.90 Å². The van der Waals surface area contributed by atoms with Crippen molar-refractivity contribution in [2.45, 2.75) is 78.0 Å². The van der Waals surface area contributed by atoms with Crippen molar-refractivity contribution < 1.29 is 33.3 Å². The standard InChI is InChI=1S/C26H36ClNO7/c1-6-32-23(29)20-14-18(27)9-11-22(20)34-19-10-8-16-15-28(25(31)35-26(3,4)5)21(13-17(16)12-19)24(30)33-7-2/h9,11,14,16-17,19,21H,6-8,10,12-13,15H2,1-5H3/t16-,17+,19-,21-/m0/s1. The van der Waals surface area contributed by atoms with Crippen molar-refractivity contribution >= 4 is 29.6 Å². The average Bonchev–Trinajstić information content (AvgIpc) is 2.78. The molecule has 1 aliphatic heterocycles. The van der Waals surface area contributed by atoms with Crippen molar-refractivity contribution in [3.63, 3.8) is 0 Å². The van der Waals surface area contributed by atoms with Crippen LogP contribution in [-0.2, 0) is 19.0 Å². The van der Waals surface area contributed by atoms with Crippen LogP contribution in [0.1, 0.15) is 70.7 Å². The first-order valence-corrected chi connectivity index (χ1v) is 12.7. The van der Waals surface area contributed by atoms with Gasteiger partial charge in [-0.2, -0.15) is 0 Å². The zero-order valence-electron chi connectivity index (χ0n) is 21.2. The Morgan fingerprint density at radius 1 is 1.03 bits per heavy atom. The molecule has 0 radical (unpaired) electrons. The zero-order valence-corrected chi connectivity index (χ0v) is 21.9. The van der Waals surface area contributed by atoms with E-state index in [0.29, 0.717) is 35.7 Å². The van der Waals surface area contributed by atoms with Crippen molar-refractivity contribution in [3.05, 3.63) is 28.8 Å². The van der Waals surface area contributed by atoms with Crippen molar-refractivity contribution in [2.24, 2.45) is 11.8 Å². The molecule has 2 fully saturated rings. The maximum absolute atomic E-state index is 12.9. The van der Waals surface area contributed by atoms with Crippen molar-refractivity contribution in [1.29, 1.82) is 0 Å². The predicted molar refractivity (Wildman–Crippen MR) is 131 cm³/mol. The third kappa shape index (κ3) is 7.03. The lowest BCUT2D eigenvalue weighted by molar-refractivity contribution is -0.153. The van der Waals surface area contributed by atoms with Gasteiger partial charge in [-0.1, -0.05) is 11.6 Å². The lowest BCUT2D eigenvalue weighted by Crippen LogP contribution is -2.56. The highest BCUT2D eigenvalue weighted by molar-refractivity contribution is 6.31. The molecule has 0 unspecified atom stereocenters. The lowest BCUT2D eigenvalue weighted by Gasteiger charge is -2.46. The van der Waals surface area contributed by atoms with Crippen LogP contribution in [0, 0.1) is 11.8 Å². The number of piperidine rings is 1. The summed E-state index contributed by atoms with van der Waals surface area (Å²) >= 11 is 6.10. The Kier molecular flexibility index (Phi) is 8.91. The molecule has 0 spiro atoms. The van der Waals surface area contributed by atoms with Crippen LogP contribution in [0.25, 0.3) is 0 Å². The van der Waals surface area contributed by atoms with E-state index in [4.69, 9.17) is 30.5 Å². The number of rotatable bonds is 6. The summed E-state index contributed by atoms with van der Waals surface area (Å²) in [7, 11) is 0. The number of fused-ring (bicyclic) bond motifs is 1. The number of ether oxygens (including phenoxy) is 4. The topological polar surface area (TPSA) is 91.4 Å². The Morgan fingerprint density at radius 3 is 2.40 bits per heavy atom. The smallest absolute Gasteiger partial charge is 0.411 e. The van der Waals surface area contributed by atoms with Gasteiger partial charge in [0.2, 0.25) is 0 Å². The molecule has 194 valence electrons. The van der Waals surface area contributed by atoms with Crippen LogP contribution in [0.5, 0.6) is 5.75 Å². The first-order chi connectivity index (χ1) is 16.5. The van der Waals surface area contributed by atoms with Crippen molar-refractivity contribution in [1.82, 2.24) is 4.90 Å². The normalized spacial score (nSPS) is 24.2. The minimum absolute atomic E-state index is 0.137. The highest BCUT2D eigenvalue weighted by Gasteiger charge is 2.46. The largest absolute Gasteiger partial charge is 0.490 e. The molecular formula is C26H36ClNO7. The zero-order chi connectivity index (χ0) is 25.8. The Hall–Kier alpha value is -2.48. The molecule has 4 atom stereocenters. The molecule has 0 bridgehead atoms. The molecule has 35 heavy (non-hydrogen) atoms. The van der Waals surface area contributed by atoms with Crippen LogP contribution >= 0.6 is 11.6 Å². The fraction of sp³-hybridized carbons (Fsp3) is 0.654. The summed E-state index contributed by atoms with van der Waals surface area (Å²) in [5.41, 5.74) is -0.362. The lowest BCUT2D eigenvalue weighted by atomic mass is 9.72. The summed E-state index contributed by atoms with van der Waals surface area (Å²) in [6.07, 6.45) is 2.14. The summed E-state index contributed by atoms with van der Waals surface area (Å²) in [6.45, 7) is 9.84. The third-order valence-corrected chi connectivity index (χ3v) is 6.58. The fourth-order valence-corrected chi connectivity index (χ4v) is 5.02. The second-order valence-corrected chi connectivity index (χ2v) is 10.5. The minimum Gasteiger partial charge on any atom is -0.490 e. The van der Waals surface area contributed by atoms with Gasteiger partial charge in [0.05, 0.1) is 19.3 Å². The van der Waals surface area contributed by atoms with Crippen LogP contribution in [0.4, 0.5) is 4.79 Å². The number of hydrogen-bond acceptors (Lipinski definition) is 7. The van der Waals surface area contributed by atoms with E-state index in [0.717, 1.165) is 12.8 Å². The molecule has 1 aromatic rings. The molecule has 1 saturated carbocycles. The highest BCUT2D eigenvalue weighted by Crippen LogP contribution is 2.41. The molecule has 3 rings (SSSR count). The number of amides is 1. The maximum Gasteiger partial charge on any atom is 0.411 e. The van der Waals surface area contributed by atoms with E-state index in [2.05, 4.69) is 0 Å². The van der Waals surface area contributed by atoms with Crippen LogP contribution in [0.3, 0.4) is 0 Å². The first kappa shape index (κ1) is 27.1. The summed E-state index contributed by atoms with van der Waals surface area (Å²) in [4.78, 5) is 39.6. The monoisotopic (exact) mass is 509 g/mol. The van der Waals surface area contributed by atoms with Gasteiger partial charge in [0.15, 0.2) is 0 Å². The predicted octanol–water partition coefficient (Wildman–Crippen LogP) is 5.25. The van der Waals surface area contributed by atoms with E-state index in [9.17, 15) is 14.4 Å². The number of hydrogen-bond donors (Lipinski definition) is 0. The van der Waals surface area contributed by atoms with Gasteiger partial charge < -0.3 is 18.9 Å². The van der Waals surface area contributed by atoms with Gasteiger partial charge in [0.1, 0.15) is 23.0 Å². The van der Waals surface area contributed by atoms with Gasteiger partial charge in [-0.15, -0.1) is 0 Å². The van der Waals surface area contributed by atoms with Gasteiger partial charge in [0.25, 0.3) is 0 Å². The van der Waals surface area contributed by atoms with E-state index >= 15 is 0 Å². The van der Waals surface area contributed by atoms with E-state index in [1.807, 2.05) is 0 Å². The van der Waals surface area contributed by atoms with Crippen LogP contribution in [0.15, 0.2) is 18.2 Å². The molecule has 9 heteroatoms. The Balaban J connectivity index is 1.74. The SMILES string of the molecule is CCOC(=O)c1cc(Cl)ccc1O[C@H]1CC[C@H]2CN(C(=O)OC(C)(C)C)[C@H](C(=O)OCC)C[C@H]2C1.